The number of hydrogen-bond donors (Lipinski definition) is 2. The van der Waals surface area contributed by atoms with E-state index in [9.17, 15) is 4.79 Å². The van der Waals surface area contributed by atoms with Crippen molar-refractivity contribution in [3.05, 3.63) is 58.6 Å². The SMILES string of the molecule is COc1ccc(/C=N\NC(N)=O)cc1OCc1ccc(Cl)cc1. The van der Waals surface area contributed by atoms with Crippen LogP contribution < -0.4 is 20.6 Å². The fraction of sp³-hybridized carbons (Fsp3) is 0.125. The number of carbonyl (C=O) groups is 1. The van der Waals surface area contributed by atoms with Crippen molar-refractivity contribution in [3.8, 4) is 11.5 Å². The van der Waals surface area contributed by atoms with Gasteiger partial charge in [-0.2, -0.15) is 5.10 Å². The van der Waals surface area contributed by atoms with E-state index in [4.69, 9.17) is 26.8 Å². The molecule has 0 fully saturated rings. The van der Waals surface area contributed by atoms with Crippen LogP contribution in [0.3, 0.4) is 0 Å². The Hall–Kier alpha value is -2.73. The highest BCUT2D eigenvalue weighted by Crippen LogP contribution is 2.28. The largest absolute Gasteiger partial charge is 0.493 e. The van der Waals surface area contributed by atoms with E-state index in [1.165, 1.54) is 6.21 Å². The lowest BCUT2D eigenvalue weighted by Crippen LogP contribution is -2.24. The van der Waals surface area contributed by atoms with Gasteiger partial charge in [0.15, 0.2) is 11.5 Å². The van der Waals surface area contributed by atoms with Gasteiger partial charge in [0, 0.05) is 5.02 Å². The number of carbonyl (C=O) groups excluding carboxylic acids is 1. The van der Waals surface area contributed by atoms with E-state index in [0.717, 1.165) is 11.1 Å². The van der Waals surface area contributed by atoms with Crippen LogP contribution in [0.2, 0.25) is 5.02 Å². The number of primary amides is 1. The molecule has 0 aliphatic carbocycles. The molecular formula is C16H16ClN3O3. The standard InChI is InChI=1S/C16H16ClN3O3/c1-22-14-7-4-12(9-19-20-16(18)21)8-15(14)23-10-11-2-5-13(17)6-3-11/h2-9H,10H2,1H3,(H3,18,20,21)/b19-9-. The van der Waals surface area contributed by atoms with E-state index >= 15 is 0 Å². The number of methoxy groups -OCH3 is 1. The molecule has 2 amide bonds. The van der Waals surface area contributed by atoms with Gasteiger partial charge < -0.3 is 15.2 Å². The Bertz CT molecular complexity index is 702. The summed E-state index contributed by atoms with van der Waals surface area (Å²) in [6, 6.07) is 11.9. The predicted octanol–water partition coefficient (Wildman–Crippen LogP) is 2.93. The van der Waals surface area contributed by atoms with E-state index in [1.54, 1.807) is 37.4 Å². The van der Waals surface area contributed by atoms with Gasteiger partial charge in [-0.25, -0.2) is 10.2 Å². The molecule has 7 heteroatoms. The number of hydrogen-bond acceptors (Lipinski definition) is 4. The van der Waals surface area contributed by atoms with Crippen LogP contribution in [-0.2, 0) is 6.61 Å². The van der Waals surface area contributed by atoms with Crippen LogP contribution in [0.1, 0.15) is 11.1 Å². The maximum Gasteiger partial charge on any atom is 0.332 e. The second kappa shape index (κ2) is 8.05. The highest BCUT2D eigenvalue weighted by atomic mass is 35.5. The molecule has 0 saturated heterocycles. The van der Waals surface area contributed by atoms with Gasteiger partial charge in [0.2, 0.25) is 0 Å². The van der Waals surface area contributed by atoms with Crippen molar-refractivity contribution in [3.63, 3.8) is 0 Å². The van der Waals surface area contributed by atoms with Crippen LogP contribution in [0.5, 0.6) is 11.5 Å². The summed E-state index contributed by atoms with van der Waals surface area (Å²) < 4.78 is 11.1. The number of nitrogens with zero attached hydrogens (tertiary/aromatic N) is 1. The minimum absolute atomic E-state index is 0.369. The zero-order valence-corrected chi connectivity index (χ0v) is 13.2. The van der Waals surface area contributed by atoms with Crippen LogP contribution in [0, 0.1) is 0 Å². The number of rotatable bonds is 6. The molecule has 0 heterocycles. The number of nitrogens with two attached hydrogens (primary N) is 1. The zero-order chi connectivity index (χ0) is 16.7. The van der Waals surface area contributed by atoms with Crippen LogP contribution in [0.15, 0.2) is 47.6 Å². The third-order valence-electron chi connectivity index (χ3n) is 2.88. The fourth-order valence-corrected chi connectivity index (χ4v) is 1.92. The van der Waals surface area contributed by atoms with E-state index in [0.29, 0.717) is 23.1 Å². The molecule has 2 rings (SSSR count). The molecule has 0 atom stereocenters. The van der Waals surface area contributed by atoms with E-state index in [1.807, 2.05) is 12.1 Å². The molecule has 0 aliphatic heterocycles. The average molecular weight is 334 g/mol. The van der Waals surface area contributed by atoms with Gasteiger partial charge in [-0.15, -0.1) is 0 Å². The molecule has 3 N–H and O–H groups in total. The number of benzene rings is 2. The molecule has 0 saturated carbocycles. The third-order valence-corrected chi connectivity index (χ3v) is 3.14. The summed E-state index contributed by atoms with van der Waals surface area (Å²) in [6.45, 7) is 0.369. The monoisotopic (exact) mass is 333 g/mol. The number of amides is 2. The molecule has 6 nitrogen and oxygen atoms in total. The van der Waals surface area contributed by atoms with E-state index in [-0.39, 0.29) is 0 Å². The second-order valence-electron chi connectivity index (χ2n) is 4.56. The van der Waals surface area contributed by atoms with Gasteiger partial charge in [-0.05, 0) is 41.5 Å². The average Bonchev–Trinajstić information content (AvgIpc) is 2.54. The molecule has 0 bridgehead atoms. The first-order valence-electron chi connectivity index (χ1n) is 6.72. The summed E-state index contributed by atoms with van der Waals surface area (Å²) in [5, 5.41) is 4.38. The molecule has 0 unspecified atom stereocenters. The van der Waals surface area contributed by atoms with Gasteiger partial charge in [-0.3, -0.25) is 0 Å². The smallest absolute Gasteiger partial charge is 0.332 e. The maximum atomic E-state index is 10.6. The molecule has 2 aromatic rings. The lowest BCUT2D eigenvalue weighted by atomic mass is 10.2. The number of halogens is 1. The van der Waals surface area contributed by atoms with Crippen molar-refractivity contribution < 1.29 is 14.3 Å². The Balaban J connectivity index is 2.10. The summed E-state index contributed by atoms with van der Waals surface area (Å²) in [6.07, 6.45) is 1.46. The summed E-state index contributed by atoms with van der Waals surface area (Å²) in [4.78, 5) is 10.6. The Labute approximate surface area is 138 Å². The second-order valence-corrected chi connectivity index (χ2v) is 5.00. The van der Waals surface area contributed by atoms with Crippen LogP contribution in [0.25, 0.3) is 0 Å². The van der Waals surface area contributed by atoms with Crippen molar-refractivity contribution in [1.29, 1.82) is 0 Å². The van der Waals surface area contributed by atoms with Gasteiger partial charge >= 0.3 is 6.03 Å². The number of ether oxygens (including phenoxy) is 2. The Morgan fingerprint density at radius 1 is 1.26 bits per heavy atom. The topological polar surface area (TPSA) is 85.9 Å². The predicted molar refractivity (Wildman–Crippen MR) is 89.1 cm³/mol. The molecule has 0 aromatic heterocycles. The first-order chi connectivity index (χ1) is 11.1. The number of urea groups is 1. The van der Waals surface area contributed by atoms with Crippen molar-refractivity contribution in [2.75, 3.05) is 7.11 Å². The normalized spacial score (nSPS) is 10.5. The third kappa shape index (κ3) is 5.19. The van der Waals surface area contributed by atoms with Crippen molar-refractivity contribution in [1.82, 2.24) is 5.43 Å². The van der Waals surface area contributed by atoms with Gasteiger partial charge in [0.05, 0.1) is 13.3 Å². The van der Waals surface area contributed by atoms with E-state index < -0.39 is 6.03 Å². The Morgan fingerprint density at radius 3 is 2.65 bits per heavy atom. The first kappa shape index (κ1) is 16.6. The Kier molecular flexibility index (Phi) is 5.82. The first-order valence-corrected chi connectivity index (χ1v) is 7.10. The lowest BCUT2D eigenvalue weighted by molar-refractivity contribution is 0.249. The molecule has 0 radical (unpaired) electrons. The fourth-order valence-electron chi connectivity index (χ4n) is 1.80. The lowest BCUT2D eigenvalue weighted by Gasteiger charge is -2.11. The van der Waals surface area contributed by atoms with Crippen LogP contribution in [-0.4, -0.2) is 19.4 Å². The minimum Gasteiger partial charge on any atom is -0.493 e. The van der Waals surface area contributed by atoms with Gasteiger partial charge in [0.25, 0.3) is 0 Å². The maximum absolute atomic E-state index is 10.6. The molecule has 23 heavy (non-hydrogen) atoms. The molecular weight excluding hydrogens is 318 g/mol. The minimum atomic E-state index is -0.728. The molecule has 120 valence electrons. The number of hydrazone groups is 1. The van der Waals surface area contributed by atoms with Crippen LogP contribution in [0.4, 0.5) is 4.79 Å². The summed E-state index contributed by atoms with van der Waals surface area (Å²) >= 11 is 5.85. The molecule has 0 aliphatic rings. The van der Waals surface area contributed by atoms with Crippen molar-refractivity contribution >= 4 is 23.8 Å². The molecule has 2 aromatic carbocycles. The summed E-state index contributed by atoms with van der Waals surface area (Å²) in [5.41, 5.74) is 8.77. The summed E-state index contributed by atoms with van der Waals surface area (Å²) in [5.74, 6) is 1.16. The Morgan fingerprint density at radius 2 is 2.00 bits per heavy atom. The van der Waals surface area contributed by atoms with Crippen molar-refractivity contribution in [2.24, 2.45) is 10.8 Å². The quantitative estimate of drug-likeness (QED) is 0.629. The summed E-state index contributed by atoms with van der Waals surface area (Å²) in [7, 11) is 1.56. The van der Waals surface area contributed by atoms with Crippen LogP contribution >= 0.6 is 11.6 Å². The highest BCUT2D eigenvalue weighted by Gasteiger charge is 2.06. The molecule has 0 spiro atoms. The number of nitrogens with one attached hydrogen (secondary N) is 1. The van der Waals surface area contributed by atoms with Crippen molar-refractivity contribution in [2.45, 2.75) is 6.61 Å². The van der Waals surface area contributed by atoms with Gasteiger partial charge in [0.1, 0.15) is 6.61 Å². The van der Waals surface area contributed by atoms with Gasteiger partial charge in [-0.1, -0.05) is 23.7 Å². The zero-order valence-electron chi connectivity index (χ0n) is 12.5. The van der Waals surface area contributed by atoms with E-state index in [2.05, 4.69) is 10.5 Å². The highest BCUT2D eigenvalue weighted by molar-refractivity contribution is 6.30.